The maximum atomic E-state index is 11.2. The third-order valence-corrected chi connectivity index (χ3v) is 5.24. The van der Waals surface area contributed by atoms with Crippen molar-refractivity contribution in [1.82, 2.24) is 14.8 Å². The molecule has 1 heterocycles. The average Bonchev–Trinajstić information content (AvgIpc) is 3.10. The van der Waals surface area contributed by atoms with Gasteiger partial charge in [0, 0.05) is 23.4 Å². The number of hydrogen-bond acceptors (Lipinski definition) is 5. The first kappa shape index (κ1) is 20.1. The van der Waals surface area contributed by atoms with Gasteiger partial charge in [0.15, 0.2) is 11.0 Å². The van der Waals surface area contributed by atoms with E-state index in [0.717, 1.165) is 40.2 Å². The summed E-state index contributed by atoms with van der Waals surface area (Å²) in [4.78, 5) is 11.2. The normalized spacial score (nSPS) is 10.8. The van der Waals surface area contributed by atoms with Crippen molar-refractivity contribution in [3.8, 4) is 22.8 Å². The van der Waals surface area contributed by atoms with Crippen LogP contribution < -0.4 is 4.74 Å². The van der Waals surface area contributed by atoms with Gasteiger partial charge in [-0.25, -0.2) is 0 Å². The first-order valence-electron chi connectivity index (χ1n) is 9.46. The molecular weight excluding hydrogens is 370 g/mol. The van der Waals surface area contributed by atoms with Crippen LogP contribution in [0.1, 0.15) is 32.3 Å². The van der Waals surface area contributed by atoms with Gasteiger partial charge in [-0.05, 0) is 57.5 Å². The number of carbonyl (C=O) groups is 1. The third-order valence-electron chi connectivity index (χ3n) is 4.22. The Kier molecular flexibility index (Phi) is 6.87. The van der Waals surface area contributed by atoms with Crippen molar-refractivity contribution in [2.45, 2.75) is 38.8 Å². The van der Waals surface area contributed by atoms with E-state index in [4.69, 9.17) is 4.74 Å². The quantitative estimate of drug-likeness (QED) is 0.372. The van der Waals surface area contributed by atoms with Crippen LogP contribution in [0.5, 0.6) is 5.75 Å². The Hall–Kier alpha value is -2.60. The fraction of sp³-hybridized carbons (Fsp3) is 0.318. The molecule has 146 valence electrons. The molecule has 2 aromatic carbocycles. The molecule has 0 atom stereocenters. The van der Waals surface area contributed by atoms with Crippen LogP contribution in [-0.2, 0) is 4.79 Å². The second-order valence-corrected chi connectivity index (χ2v) is 7.65. The molecule has 0 saturated carbocycles. The Bertz CT molecular complexity index is 935. The summed E-state index contributed by atoms with van der Waals surface area (Å²) in [6, 6.07) is 16.2. The monoisotopic (exact) mass is 395 g/mol. The smallest absolute Gasteiger partial charge is 0.196 e. The van der Waals surface area contributed by atoms with E-state index >= 15 is 0 Å². The number of benzene rings is 2. The number of carbonyl (C=O) groups excluding carboxylic acids is 1. The molecule has 0 aliphatic carbocycles. The van der Waals surface area contributed by atoms with Crippen molar-refractivity contribution < 1.29 is 9.53 Å². The summed E-state index contributed by atoms with van der Waals surface area (Å²) < 4.78 is 7.64. The zero-order valence-corrected chi connectivity index (χ0v) is 17.3. The van der Waals surface area contributed by atoms with Gasteiger partial charge in [-0.3, -0.25) is 4.57 Å². The molecule has 0 N–H and O–H groups in total. The summed E-state index contributed by atoms with van der Waals surface area (Å²) in [7, 11) is 0. The zero-order valence-electron chi connectivity index (χ0n) is 16.5. The van der Waals surface area contributed by atoms with Gasteiger partial charge in [0.25, 0.3) is 0 Å². The second kappa shape index (κ2) is 9.55. The van der Waals surface area contributed by atoms with Crippen molar-refractivity contribution >= 4 is 17.5 Å². The van der Waals surface area contributed by atoms with E-state index in [-0.39, 0.29) is 5.78 Å². The summed E-state index contributed by atoms with van der Waals surface area (Å²) in [6.45, 7) is 6.30. The van der Waals surface area contributed by atoms with E-state index in [0.29, 0.717) is 13.0 Å². The third kappa shape index (κ3) is 5.01. The second-order valence-electron chi connectivity index (χ2n) is 6.59. The molecule has 5 nitrogen and oxygen atoms in total. The average molecular weight is 396 g/mol. The Morgan fingerprint density at radius 2 is 1.93 bits per heavy atom. The summed E-state index contributed by atoms with van der Waals surface area (Å²) in [5.41, 5.74) is 3.19. The number of ketones is 1. The van der Waals surface area contributed by atoms with Gasteiger partial charge in [-0.2, -0.15) is 0 Å². The highest BCUT2D eigenvalue weighted by Gasteiger charge is 2.16. The largest absolute Gasteiger partial charge is 0.494 e. The fourth-order valence-corrected chi connectivity index (χ4v) is 3.80. The molecule has 0 saturated heterocycles. The molecule has 0 unspecified atom stereocenters. The predicted octanol–water partition coefficient (Wildman–Crippen LogP) is 5.10. The first-order valence-corrected chi connectivity index (χ1v) is 10.4. The molecule has 0 fully saturated rings. The highest BCUT2D eigenvalue weighted by molar-refractivity contribution is 7.99. The number of ether oxygens (including phenoxy) is 1. The van der Waals surface area contributed by atoms with Gasteiger partial charge in [-0.1, -0.05) is 35.5 Å². The summed E-state index contributed by atoms with van der Waals surface area (Å²) in [6.07, 6.45) is 1.42. The van der Waals surface area contributed by atoms with Gasteiger partial charge in [0.05, 0.1) is 6.61 Å². The molecule has 0 radical (unpaired) electrons. The fourth-order valence-electron chi connectivity index (χ4n) is 2.91. The minimum absolute atomic E-state index is 0.217. The Labute approximate surface area is 170 Å². The zero-order chi connectivity index (χ0) is 19.9. The van der Waals surface area contributed by atoms with E-state index in [9.17, 15) is 4.79 Å². The number of thioether (sulfide) groups is 1. The molecule has 3 rings (SSSR count). The van der Waals surface area contributed by atoms with E-state index in [1.54, 1.807) is 18.7 Å². The van der Waals surface area contributed by atoms with Crippen LogP contribution >= 0.6 is 11.8 Å². The summed E-state index contributed by atoms with van der Waals surface area (Å²) >= 11 is 1.62. The lowest BCUT2D eigenvalue weighted by Crippen LogP contribution is -2.01. The Balaban J connectivity index is 1.95. The van der Waals surface area contributed by atoms with Crippen LogP contribution in [0.15, 0.2) is 53.7 Å². The molecule has 0 aliphatic rings. The van der Waals surface area contributed by atoms with Crippen molar-refractivity contribution in [2.75, 3.05) is 12.4 Å². The summed E-state index contributed by atoms with van der Waals surface area (Å²) in [5, 5.41) is 9.73. The van der Waals surface area contributed by atoms with Crippen molar-refractivity contribution in [1.29, 1.82) is 0 Å². The minimum Gasteiger partial charge on any atom is -0.494 e. The molecule has 0 spiro atoms. The van der Waals surface area contributed by atoms with Gasteiger partial charge in [0.2, 0.25) is 0 Å². The highest BCUT2D eigenvalue weighted by Crippen LogP contribution is 2.29. The number of rotatable bonds is 9. The van der Waals surface area contributed by atoms with Crippen molar-refractivity contribution in [2.24, 2.45) is 0 Å². The van der Waals surface area contributed by atoms with E-state index in [1.807, 2.05) is 43.3 Å². The van der Waals surface area contributed by atoms with Crippen LogP contribution in [0, 0.1) is 6.92 Å². The number of aryl methyl sites for hydroxylation is 1. The van der Waals surface area contributed by atoms with E-state index in [2.05, 4.69) is 33.8 Å². The number of nitrogens with zero attached hydrogens (tertiary/aromatic N) is 3. The molecule has 0 amide bonds. The molecule has 3 aromatic rings. The molecule has 0 aliphatic heterocycles. The number of Topliss-reactive ketones (excluding diaryl/α,β-unsaturated/α-hetero) is 1. The first-order chi connectivity index (χ1) is 13.6. The minimum atomic E-state index is 0.217. The topological polar surface area (TPSA) is 57.0 Å². The van der Waals surface area contributed by atoms with E-state index < -0.39 is 0 Å². The van der Waals surface area contributed by atoms with Gasteiger partial charge in [0.1, 0.15) is 11.5 Å². The lowest BCUT2D eigenvalue weighted by molar-refractivity contribution is -0.117. The van der Waals surface area contributed by atoms with Crippen LogP contribution in [0.3, 0.4) is 0 Å². The Morgan fingerprint density at radius 1 is 1.14 bits per heavy atom. The summed E-state index contributed by atoms with van der Waals surface area (Å²) in [5.74, 6) is 2.69. The SMILES string of the molecule is CCOc1ccc(-n2c(SCCCC(C)=O)nnc2-c2cccc(C)c2)cc1. The van der Waals surface area contributed by atoms with Crippen molar-refractivity contribution in [3.63, 3.8) is 0 Å². The maximum Gasteiger partial charge on any atom is 0.196 e. The maximum absolute atomic E-state index is 11.2. The molecule has 1 aromatic heterocycles. The van der Waals surface area contributed by atoms with Crippen LogP contribution in [0.2, 0.25) is 0 Å². The van der Waals surface area contributed by atoms with Gasteiger partial charge >= 0.3 is 0 Å². The Morgan fingerprint density at radius 3 is 2.61 bits per heavy atom. The van der Waals surface area contributed by atoms with E-state index in [1.165, 1.54) is 5.56 Å². The predicted molar refractivity (Wildman–Crippen MR) is 113 cm³/mol. The number of hydrogen-bond donors (Lipinski definition) is 0. The van der Waals surface area contributed by atoms with Crippen molar-refractivity contribution in [3.05, 3.63) is 54.1 Å². The lowest BCUT2D eigenvalue weighted by atomic mass is 10.1. The number of aromatic nitrogens is 3. The molecular formula is C22H25N3O2S. The highest BCUT2D eigenvalue weighted by atomic mass is 32.2. The van der Waals surface area contributed by atoms with Gasteiger partial charge in [-0.15, -0.1) is 10.2 Å². The lowest BCUT2D eigenvalue weighted by Gasteiger charge is -2.12. The van der Waals surface area contributed by atoms with Gasteiger partial charge < -0.3 is 9.53 Å². The molecule has 6 heteroatoms. The molecule has 0 bridgehead atoms. The van der Waals surface area contributed by atoms with Crippen LogP contribution in [0.4, 0.5) is 0 Å². The molecule has 28 heavy (non-hydrogen) atoms. The standard InChI is InChI=1S/C22H25N3O2S/c1-4-27-20-12-10-19(11-13-20)25-21(18-9-5-7-16(2)15-18)23-24-22(25)28-14-6-8-17(3)26/h5,7,9-13,15H,4,6,8,14H2,1-3H3. The van der Waals surface area contributed by atoms with Crippen LogP contribution in [0.25, 0.3) is 17.1 Å². The van der Waals surface area contributed by atoms with Crippen LogP contribution in [-0.4, -0.2) is 32.9 Å².